The van der Waals surface area contributed by atoms with Crippen LogP contribution in [-0.4, -0.2) is 30.0 Å². The fourth-order valence-corrected chi connectivity index (χ4v) is 2.37. The van der Waals surface area contributed by atoms with Crippen molar-refractivity contribution in [3.63, 3.8) is 0 Å². The van der Waals surface area contributed by atoms with Gasteiger partial charge in [-0.1, -0.05) is 0 Å². The summed E-state index contributed by atoms with van der Waals surface area (Å²) in [5, 5.41) is 3.09. The van der Waals surface area contributed by atoms with Crippen LogP contribution in [0.5, 0.6) is 0 Å². The van der Waals surface area contributed by atoms with E-state index in [-0.39, 0.29) is 5.91 Å². The lowest BCUT2D eigenvalue weighted by molar-refractivity contribution is -0.122. The van der Waals surface area contributed by atoms with Crippen molar-refractivity contribution in [1.29, 1.82) is 0 Å². The van der Waals surface area contributed by atoms with Crippen LogP contribution >= 0.6 is 11.8 Å². The molecule has 0 unspecified atom stereocenters. The van der Waals surface area contributed by atoms with Crippen molar-refractivity contribution in [3.05, 3.63) is 0 Å². The van der Waals surface area contributed by atoms with E-state index < -0.39 is 0 Å². The fourth-order valence-electron chi connectivity index (χ4n) is 1.94. The molecule has 15 heavy (non-hydrogen) atoms. The lowest BCUT2D eigenvalue weighted by Crippen LogP contribution is -2.40. The second-order valence-electron chi connectivity index (χ2n) is 4.28. The zero-order valence-corrected chi connectivity index (χ0v) is 10.3. The van der Waals surface area contributed by atoms with E-state index in [2.05, 4.69) is 11.6 Å². The highest BCUT2D eigenvalue weighted by Crippen LogP contribution is 2.17. The smallest absolute Gasteiger partial charge is 0.220 e. The number of nitrogens with one attached hydrogen (secondary N) is 1. The molecule has 4 heteroatoms. The van der Waals surface area contributed by atoms with Gasteiger partial charge in [0.15, 0.2) is 0 Å². The van der Waals surface area contributed by atoms with E-state index in [1.165, 1.54) is 0 Å². The maximum absolute atomic E-state index is 11.5. The molecule has 3 N–H and O–H groups in total. The van der Waals surface area contributed by atoms with E-state index in [0.29, 0.717) is 18.5 Å². The molecule has 0 radical (unpaired) electrons. The third-order valence-corrected chi connectivity index (χ3v) is 3.59. The standard InChI is InChI=1S/C11H22N2OS/c1-15-8-2-3-11(14)13-10-6-4-9(12)5-7-10/h9-10H,2-8,12H2,1H3,(H,13,14). The first-order valence-electron chi connectivity index (χ1n) is 5.76. The monoisotopic (exact) mass is 230 g/mol. The molecule has 0 aliphatic heterocycles. The van der Waals surface area contributed by atoms with Gasteiger partial charge in [-0.05, 0) is 44.1 Å². The molecule has 0 bridgehead atoms. The van der Waals surface area contributed by atoms with Gasteiger partial charge in [0.1, 0.15) is 0 Å². The van der Waals surface area contributed by atoms with Crippen LogP contribution in [0.4, 0.5) is 0 Å². The SMILES string of the molecule is CSCCCC(=O)NC1CCC(N)CC1. The highest BCUT2D eigenvalue weighted by Gasteiger charge is 2.19. The van der Waals surface area contributed by atoms with Gasteiger partial charge in [-0.15, -0.1) is 0 Å². The van der Waals surface area contributed by atoms with Gasteiger partial charge in [-0.3, -0.25) is 4.79 Å². The predicted molar refractivity (Wildman–Crippen MR) is 66.0 cm³/mol. The number of hydrogen-bond acceptors (Lipinski definition) is 3. The summed E-state index contributed by atoms with van der Waals surface area (Å²) in [5.41, 5.74) is 5.81. The zero-order valence-electron chi connectivity index (χ0n) is 9.50. The normalized spacial score (nSPS) is 26.3. The van der Waals surface area contributed by atoms with Crippen LogP contribution in [0, 0.1) is 0 Å². The van der Waals surface area contributed by atoms with Crippen molar-refractivity contribution in [2.24, 2.45) is 5.73 Å². The molecule has 0 saturated heterocycles. The largest absolute Gasteiger partial charge is 0.353 e. The van der Waals surface area contributed by atoms with Crippen molar-refractivity contribution < 1.29 is 4.79 Å². The second kappa shape index (κ2) is 7.12. The topological polar surface area (TPSA) is 55.1 Å². The molecule has 0 aromatic rings. The minimum absolute atomic E-state index is 0.213. The van der Waals surface area contributed by atoms with Crippen molar-refractivity contribution in [1.82, 2.24) is 5.32 Å². The Bertz CT molecular complexity index is 191. The van der Waals surface area contributed by atoms with Crippen LogP contribution < -0.4 is 11.1 Å². The van der Waals surface area contributed by atoms with Gasteiger partial charge < -0.3 is 11.1 Å². The number of rotatable bonds is 5. The molecule has 0 heterocycles. The van der Waals surface area contributed by atoms with Crippen molar-refractivity contribution in [2.75, 3.05) is 12.0 Å². The maximum atomic E-state index is 11.5. The third-order valence-electron chi connectivity index (χ3n) is 2.89. The van der Waals surface area contributed by atoms with Gasteiger partial charge in [0.05, 0.1) is 0 Å². The summed E-state index contributed by atoms with van der Waals surface area (Å²) in [6.45, 7) is 0. The minimum atomic E-state index is 0.213. The van der Waals surface area contributed by atoms with Crippen LogP contribution in [0.2, 0.25) is 0 Å². The van der Waals surface area contributed by atoms with Crippen molar-refractivity contribution in [3.8, 4) is 0 Å². The molecule has 0 aromatic heterocycles. The molecule has 1 amide bonds. The van der Waals surface area contributed by atoms with Gasteiger partial charge in [0, 0.05) is 18.5 Å². The molecule has 1 rings (SSSR count). The van der Waals surface area contributed by atoms with Gasteiger partial charge >= 0.3 is 0 Å². The minimum Gasteiger partial charge on any atom is -0.353 e. The predicted octanol–water partition coefficient (Wildman–Crippen LogP) is 1.52. The van der Waals surface area contributed by atoms with E-state index in [0.717, 1.165) is 37.9 Å². The van der Waals surface area contributed by atoms with E-state index in [9.17, 15) is 4.79 Å². The van der Waals surface area contributed by atoms with E-state index in [4.69, 9.17) is 5.73 Å². The van der Waals surface area contributed by atoms with E-state index >= 15 is 0 Å². The average molecular weight is 230 g/mol. The van der Waals surface area contributed by atoms with E-state index in [1.807, 2.05) is 0 Å². The molecule has 1 aliphatic carbocycles. The Kier molecular flexibility index (Phi) is 6.10. The molecule has 1 saturated carbocycles. The number of carbonyl (C=O) groups is 1. The summed E-state index contributed by atoms with van der Waals surface area (Å²) in [6.07, 6.45) is 7.93. The number of amides is 1. The van der Waals surface area contributed by atoms with Gasteiger partial charge in [-0.2, -0.15) is 11.8 Å². The molecule has 0 spiro atoms. The fraction of sp³-hybridized carbons (Fsp3) is 0.909. The molecule has 88 valence electrons. The first-order valence-corrected chi connectivity index (χ1v) is 7.15. The van der Waals surface area contributed by atoms with Crippen molar-refractivity contribution >= 4 is 17.7 Å². The maximum Gasteiger partial charge on any atom is 0.220 e. The molecule has 1 fully saturated rings. The van der Waals surface area contributed by atoms with Gasteiger partial charge in [0.25, 0.3) is 0 Å². The number of hydrogen-bond donors (Lipinski definition) is 2. The summed E-state index contributed by atoms with van der Waals surface area (Å²) < 4.78 is 0. The Hall–Kier alpha value is -0.220. The molecule has 0 atom stereocenters. The van der Waals surface area contributed by atoms with Gasteiger partial charge in [0.2, 0.25) is 5.91 Å². The van der Waals surface area contributed by atoms with Crippen LogP contribution in [0.3, 0.4) is 0 Å². The third kappa shape index (κ3) is 5.42. The summed E-state index contributed by atoms with van der Waals surface area (Å²) in [7, 11) is 0. The Morgan fingerprint density at radius 2 is 2.07 bits per heavy atom. The molecule has 3 nitrogen and oxygen atoms in total. The summed E-state index contributed by atoms with van der Waals surface area (Å²) in [5.74, 6) is 1.28. The molecule has 1 aliphatic rings. The first kappa shape index (κ1) is 12.8. The Morgan fingerprint density at radius 1 is 1.40 bits per heavy atom. The first-order chi connectivity index (χ1) is 7.22. The Labute approximate surface area is 96.6 Å². The van der Waals surface area contributed by atoms with Crippen LogP contribution in [-0.2, 0) is 4.79 Å². The lowest BCUT2D eigenvalue weighted by atomic mass is 9.92. The Balaban J connectivity index is 2.09. The van der Waals surface area contributed by atoms with Crippen LogP contribution in [0.25, 0.3) is 0 Å². The summed E-state index contributed by atoms with van der Waals surface area (Å²) >= 11 is 1.79. The average Bonchev–Trinajstić information content (AvgIpc) is 2.22. The summed E-state index contributed by atoms with van der Waals surface area (Å²) in [6, 6.07) is 0.737. The van der Waals surface area contributed by atoms with E-state index in [1.54, 1.807) is 11.8 Å². The van der Waals surface area contributed by atoms with Crippen LogP contribution in [0.1, 0.15) is 38.5 Å². The van der Waals surface area contributed by atoms with Gasteiger partial charge in [-0.25, -0.2) is 0 Å². The Morgan fingerprint density at radius 3 is 2.67 bits per heavy atom. The quantitative estimate of drug-likeness (QED) is 0.704. The number of carbonyl (C=O) groups excluding carboxylic acids is 1. The molecular weight excluding hydrogens is 208 g/mol. The number of nitrogens with two attached hydrogens (primary N) is 1. The highest BCUT2D eigenvalue weighted by atomic mass is 32.2. The highest BCUT2D eigenvalue weighted by molar-refractivity contribution is 7.98. The van der Waals surface area contributed by atoms with Crippen molar-refractivity contribution in [2.45, 2.75) is 50.6 Å². The lowest BCUT2D eigenvalue weighted by Gasteiger charge is -2.26. The van der Waals surface area contributed by atoms with Crippen LogP contribution in [0.15, 0.2) is 0 Å². The second-order valence-corrected chi connectivity index (χ2v) is 5.26. The number of thioether (sulfide) groups is 1. The zero-order chi connectivity index (χ0) is 11.1. The molecular formula is C11H22N2OS. The molecule has 0 aromatic carbocycles. The summed E-state index contributed by atoms with van der Waals surface area (Å²) in [4.78, 5) is 11.5.